The Bertz CT molecular complexity index is 844. The fourth-order valence-electron chi connectivity index (χ4n) is 3.84. The van der Waals surface area contributed by atoms with Crippen LogP contribution < -0.4 is 10.1 Å². The van der Waals surface area contributed by atoms with Crippen molar-refractivity contribution >= 4 is 22.6 Å². The van der Waals surface area contributed by atoms with Crippen LogP contribution in [0.3, 0.4) is 0 Å². The summed E-state index contributed by atoms with van der Waals surface area (Å²) in [5.74, 6) is 0.963. The summed E-state index contributed by atoms with van der Waals surface area (Å²) in [5, 5.41) is 4.90. The molecule has 1 fully saturated rings. The maximum absolute atomic E-state index is 13.1. The second kappa shape index (κ2) is 9.06. The Labute approximate surface area is 166 Å². The number of fused-ring (bicyclic) bond motifs is 1. The largest absolute Gasteiger partial charge is 0.496 e. The van der Waals surface area contributed by atoms with E-state index in [0.29, 0.717) is 38.0 Å². The van der Waals surface area contributed by atoms with Crippen LogP contribution in [-0.4, -0.2) is 69.0 Å². The van der Waals surface area contributed by atoms with Crippen molar-refractivity contribution in [2.45, 2.75) is 12.8 Å². The first-order valence-corrected chi connectivity index (χ1v) is 9.81. The molecule has 0 aromatic heterocycles. The predicted octanol–water partition coefficient (Wildman–Crippen LogP) is 2.38. The van der Waals surface area contributed by atoms with Gasteiger partial charge in [0.1, 0.15) is 5.75 Å². The topological polar surface area (TPSA) is 61.9 Å². The molecule has 1 aliphatic rings. The highest BCUT2D eigenvalue weighted by molar-refractivity contribution is 6.08. The number of carbonyl (C=O) groups is 2. The molecule has 0 radical (unpaired) electrons. The summed E-state index contributed by atoms with van der Waals surface area (Å²) in [7, 11) is 5.37. The van der Waals surface area contributed by atoms with Crippen LogP contribution in [0.2, 0.25) is 0 Å². The van der Waals surface area contributed by atoms with Crippen LogP contribution in [0.4, 0.5) is 0 Å². The molecule has 6 heteroatoms. The molecule has 1 aliphatic heterocycles. The van der Waals surface area contributed by atoms with Gasteiger partial charge >= 0.3 is 0 Å². The lowest BCUT2D eigenvalue weighted by Gasteiger charge is -2.33. The fraction of sp³-hybridized carbons (Fsp3) is 0.455. The third kappa shape index (κ3) is 4.12. The van der Waals surface area contributed by atoms with Gasteiger partial charge in [-0.1, -0.05) is 24.3 Å². The van der Waals surface area contributed by atoms with Gasteiger partial charge in [-0.3, -0.25) is 9.59 Å². The molecule has 0 saturated carbocycles. The van der Waals surface area contributed by atoms with Crippen molar-refractivity contribution in [2.75, 3.05) is 47.4 Å². The predicted molar refractivity (Wildman–Crippen MR) is 111 cm³/mol. The van der Waals surface area contributed by atoms with Gasteiger partial charge in [-0.2, -0.15) is 0 Å². The van der Waals surface area contributed by atoms with Crippen molar-refractivity contribution < 1.29 is 14.3 Å². The number of hydrogen-bond acceptors (Lipinski definition) is 4. The maximum atomic E-state index is 13.1. The second-order valence-corrected chi connectivity index (χ2v) is 7.29. The molecule has 0 unspecified atom stereocenters. The Morgan fingerprint density at radius 3 is 2.46 bits per heavy atom. The first-order chi connectivity index (χ1) is 13.6. The monoisotopic (exact) mass is 383 g/mol. The van der Waals surface area contributed by atoms with Crippen molar-refractivity contribution in [2.24, 2.45) is 5.92 Å². The summed E-state index contributed by atoms with van der Waals surface area (Å²) in [4.78, 5) is 29.4. The molecule has 0 atom stereocenters. The molecule has 3 rings (SSSR count). The fourth-order valence-corrected chi connectivity index (χ4v) is 3.84. The van der Waals surface area contributed by atoms with E-state index in [0.717, 1.165) is 23.1 Å². The van der Waals surface area contributed by atoms with Gasteiger partial charge in [-0.15, -0.1) is 0 Å². The molecule has 0 bridgehead atoms. The number of likely N-dealkylation sites (tertiary alicyclic amines) is 1. The summed E-state index contributed by atoms with van der Waals surface area (Å²) < 4.78 is 5.43. The van der Waals surface area contributed by atoms with Gasteiger partial charge < -0.3 is 19.9 Å². The van der Waals surface area contributed by atoms with Gasteiger partial charge in [0.25, 0.3) is 5.91 Å². The first kappa shape index (κ1) is 20.1. The molecule has 1 saturated heterocycles. The maximum Gasteiger partial charge on any atom is 0.254 e. The summed E-state index contributed by atoms with van der Waals surface area (Å²) in [6.45, 7) is 2.70. The van der Waals surface area contributed by atoms with E-state index >= 15 is 0 Å². The number of hydrogen-bond donors (Lipinski definition) is 1. The molecular formula is C22H29N3O3. The molecule has 6 nitrogen and oxygen atoms in total. The average molecular weight is 383 g/mol. The van der Waals surface area contributed by atoms with Crippen molar-refractivity contribution in [3.05, 3.63) is 42.0 Å². The molecule has 1 heterocycles. The first-order valence-electron chi connectivity index (χ1n) is 9.81. The van der Waals surface area contributed by atoms with E-state index in [4.69, 9.17) is 4.74 Å². The Kier molecular flexibility index (Phi) is 6.52. The average Bonchev–Trinajstić information content (AvgIpc) is 2.75. The van der Waals surface area contributed by atoms with Gasteiger partial charge in [0.05, 0.1) is 7.11 Å². The van der Waals surface area contributed by atoms with E-state index in [1.165, 1.54) is 0 Å². The highest BCUT2D eigenvalue weighted by Crippen LogP contribution is 2.30. The standard InChI is InChI=1S/C22H29N3O3/c1-23-12-15-24(2)21(26)16-10-13-25(14-11-16)22(27)19-8-9-20(28-3)18-7-5-4-6-17(18)19/h4-9,16,23H,10-15H2,1-3H3. The lowest BCUT2D eigenvalue weighted by molar-refractivity contribution is -0.135. The van der Waals surface area contributed by atoms with Crippen molar-refractivity contribution in [3.8, 4) is 5.75 Å². The minimum absolute atomic E-state index is 0.00137. The zero-order chi connectivity index (χ0) is 20.1. The number of carbonyl (C=O) groups excluding carboxylic acids is 2. The second-order valence-electron chi connectivity index (χ2n) is 7.29. The summed E-state index contributed by atoms with van der Waals surface area (Å²) in [6, 6.07) is 11.5. The zero-order valence-electron chi connectivity index (χ0n) is 16.9. The number of methoxy groups -OCH3 is 1. The third-order valence-corrected chi connectivity index (χ3v) is 5.54. The van der Waals surface area contributed by atoms with Crippen LogP contribution in [0.15, 0.2) is 36.4 Å². The minimum atomic E-state index is -0.00137. The van der Waals surface area contributed by atoms with E-state index in [-0.39, 0.29) is 17.7 Å². The Hall–Kier alpha value is -2.60. The van der Waals surface area contributed by atoms with Gasteiger partial charge in [0.15, 0.2) is 0 Å². The number of rotatable bonds is 6. The molecule has 2 amide bonds. The normalized spacial score (nSPS) is 14.9. The minimum Gasteiger partial charge on any atom is -0.496 e. The van der Waals surface area contributed by atoms with E-state index in [9.17, 15) is 9.59 Å². The molecule has 0 spiro atoms. The van der Waals surface area contributed by atoms with E-state index < -0.39 is 0 Å². The number of likely N-dealkylation sites (N-methyl/N-ethyl adjacent to an activating group) is 2. The Morgan fingerprint density at radius 2 is 1.82 bits per heavy atom. The molecule has 0 aliphatic carbocycles. The lowest BCUT2D eigenvalue weighted by atomic mass is 9.94. The number of nitrogens with one attached hydrogen (secondary N) is 1. The SMILES string of the molecule is CNCCN(C)C(=O)C1CCN(C(=O)c2ccc(OC)c3ccccc23)CC1. The van der Waals surface area contributed by atoms with Crippen LogP contribution >= 0.6 is 0 Å². The zero-order valence-corrected chi connectivity index (χ0v) is 16.9. The summed E-state index contributed by atoms with van der Waals surface area (Å²) in [6.07, 6.45) is 1.42. The molecule has 2 aromatic rings. The van der Waals surface area contributed by atoms with Crippen LogP contribution in [0.5, 0.6) is 5.75 Å². The summed E-state index contributed by atoms with van der Waals surface area (Å²) >= 11 is 0. The number of nitrogens with zero attached hydrogens (tertiary/aromatic N) is 2. The van der Waals surface area contributed by atoms with Gasteiger partial charge in [0.2, 0.25) is 5.91 Å². The van der Waals surface area contributed by atoms with Crippen LogP contribution in [0.25, 0.3) is 10.8 Å². The van der Waals surface area contributed by atoms with Gasteiger partial charge in [-0.25, -0.2) is 0 Å². The lowest BCUT2D eigenvalue weighted by Crippen LogP contribution is -2.44. The van der Waals surface area contributed by atoms with E-state index in [1.54, 1.807) is 12.0 Å². The molecule has 1 N–H and O–H groups in total. The van der Waals surface area contributed by atoms with Crippen LogP contribution in [-0.2, 0) is 4.79 Å². The molecule has 150 valence electrons. The van der Waals surface area contributed by atoms with E-state index in [2.05, 4.69) is 5.32 Å². The van der Waals surface area contributed by atoms with Gasteiger partial charge in [0, 0.05) is 50.1 Å². The number of amides is 2. The molecule has 2 aromatic carbocycles. The highest BCUT2D eigenvalue weighted by Gasteiger charge is 2.30. The van der Waals surface area contributed by atoms with Crippen LogP contribution in [0, 0.1) is 5.92 Å². The van der Waals surface area contributed by atoms with Crippen molar-refractivity contribution in [1.82, 2.24) is 15.1 Å². The molecule has 28 heavy (non-hydrogen) atoms. The van der Waals surface area contributed by atoms with Crippen molar-refractivity contribution in [3.63, 3.8) is 0 Å². The van der Waals surface area contributed by atoms with Crippen molar-refractivity contribution in [1.29, 1.82) is 0 Å². The third-order valence-electron chi connectivity index (χ3n) is 5.54. The number of piperidine rings is 1. The van der Waals surface area contributed by atoms with E-state index in [1.807, 2.05) is 55.4 Å². The van der Waals surface area contributed by atoms with Crippen LogP contribution in [0.1, 0.15) is 23.2 Å². The number of benzene rings is 2. The number of ether oxygens (including phenoxy) is 1. The quantitative estimate of drug-likeness (QED) is 0.832. The molecular weight excluding hydrogens is 354 g/mol. The Balaban J connectivity index is 1.69. The summed E-state index contributed by atoms with van der Waals surface area (Å²) in [5.41, 5.74) is 0.687. The van der Waals surface area contributed by atoms with Gasteiger partial charge in [-0.05, 0) is 37.4 Å². The highest BCUT2D eigenvalue weighted by atomic mass is 16.5. The smallest absolute Gasteiger partial charge is 0.254 e. The Morgan fingerprint density at radius 1 is 1.14 bits per heavy atom.